The molecule has 1 fully saturated rings. The first-order valence-corrected chi connectivity index (χ1v) is 11.1. The van der Waals surface area contributed by atoms with Crippen molar-refractivity contribution >= 4 is 17.5 Å². The fourth-order valence-corrected chi connectivity index (χ4v) is 4.28. The Morgan fingerprint density at radius 1 is 1.06 bits per heavy atom. The lowest BCUT2D eigenvalue weighted by Gasteiger charge is -2.26. The maximum absolute atomic E-state index is 13.2. The van der Waals surface area contributed by atoms with Crippen LogP contribution in [-0.2, 0) is 9.59 Å². The quantitative estimate of drug-likeness (QED) is 0.691. The zero-order valence-corrected chi connectivity index (χ0v) is 19.4. The summed E-state index contributed by atoms with van der Waals surface area (Å²) in [4.78, 5) is 27.6. The molecule has 2 aliphatic rings. The first kappa shape index (κ1) is 22.8. The number of carbonyl (C=O) groups excluding carboxylic acids is 2. The summed E-state index contributed by atoms with van der Waals surface area (Å²) in [5.41, 5.74) is 1.58. The van der Waals surface area contributed by atoms with E-state index in [1.165, 1.54) is 0 Å². The van der Waals surface area contributed by atoms with Gasteiger partial charge in [0.05, 0.1) is 31.9 Å². The topological polar surface area (TPSA) is 86.3 Å². The van der Waals surface area contributed by atoms with Crippen molar-refractivity contribution in [2.75, 3.05) is 38.9 Å². The minimum Gasteiger partial charge on any atom is -0.497 e. The average molecular weight is 455 g/mol. The second-order valence-electron chi connectivity index (χ2n) is 8.58. The highest BCUT2D eigenvalue weighted by atomic mass is 16.6. The Morgan fingerprint density at radius 2 is 1.82 bits per heavy atom. The van der Waals surface area contributed by atoms with Crippen LogP contribution in [0.15, 0.2) is 36.4 Å². The lowest BCUT2D eigenvalue weighted by molar-refractivity contribution is -0.127. The second-order valence-corrected chi connectivity index (χ2v) is 8.58. The highest BCUT2D eigenvalue weighted by Gasteiger charge is 2.37. The van der Waals surface area contributed by atoms with Gasteiger partial charge in [-0.3, -0.25) is 9.59 Å². The maximum atomic E-state index is 13.2. The van der Waals surface area contributed by atoms with Gasteiger partial charge in [0.1, 0.15) is 24.7 Å². The molecule has 0 saturated carbocycles. The van der Waals surface area contributed by atoms with Crippen molar-refractivity contribution in [3.05, 3.63) is 42.0 Å². The van der Waals surface area contributed by atoms with Gasteiger partial charge in [0, 0.05) is 19.0 Å². The Kier molecular flexibility index (Phi) is 6.62. The van der Waals surface area contributed by atoms with Gasteiger partial charge in [-0.05, 0) is 35.7 Å². The zero-order valence-electron chi connectivity index (χ0n) is 19.4. The summed E-state index contributed by atoms with van der Waals surface area (Å²) < 4.78 is 22.0. The number of amides is 2. The van der Waals surface area contributed by atoms with Gasteiger partial charge in [0.2, 0.25) is 11.8 Å². The summed E-state index contributed by atoms with van der Waals surface area (Å²) in [6.07, 6.45) is 0.146. The lowest BCUT2D eigenvalue weighted by Crippen LogP contribution is -2.37. The third-order valence-electron chi connectivity index (χ3n) is 6.06. The molecule has 176 valence electrons. The Labute approximate surface area is 193 Å². The van der Waals surface area contributed by atoms with Crippen molar-refractivity contribution in [1.82, 2.24) is 5.32 Å². The van der Waals surface area contributed by atoms with Crippen molar-refractivity contribution in [3.8, 4) is 23.0 Å². The summed E-state index contributed by atoms with van der Waals surface area (Å²) in [5.74, 6) is 1.99. The monoisotopic (exact) mass is 454 g/mol. The number of fused-ring (bicyclic) bond motifs is 1. The Hall–Kier alpha value is -3.42. The number of hydrogen-bond donors (Lipinski definition) is 1. The normalized spacial score (nSPS) is 18.3. The molecular formula is C25H30N2O6. The number of carbonyl (C=O) groups is 2. The second kappa shape index (κ2) is 9.60. The third kappa shape index (κ3) is 4.69. The fraction of sp³-hybridized carbons (Fsp3) is 0.440. The maximum Gasteiger partial charge on any atom is 0.227 e. The van der Waals surface area contributed by atoms with Crippen LogP contribution in [-0.4, -0.2) is 45.8 Å². The summed E-state index contributed by atoms with van der Waals surface area (Å²) in [7, 11) is 3.12. The number of benzene rings is 2. The van der Waals surface area contributed by atoms with Crippen LogP contribution in [0.1, 0.15) is 31.9 Å². The van der Waals surface area contributed by atoms with Crippen LogP contribution in [0, 0.1) is 11.8 Å². The van der Waals surface area contributed by atoms with Gasteiger partial charge in [-0.2, -0.15) is 0 Å². The number of nitrogens with one attached hydrogen (secondary N) is 1. The van der Waals surface area contributed by atoms with Gasteiger partial charge in [-0.1, -0.05) is 19.9 Å². The largest absolute Gasteiger partial charge is 0.497 e. The Morgan fingerprint density at radius 3 is 2.52 bits per heavy atom. The molecule has 0 radical (unpaired) electrons. The van der Waals surface area contributed by atoms with E-state index in [4.69, 9.17) is 18.9 Å². The van der Waals surface area contributed by atoms with Gasteiger partial charge in [-0.25, -0.2) is 0 Å². The van der Waals surface area contributed by atoms with E-state index in [2.05, 4.69) is 19.2 Å². The van der Waals surface area contributed by atoms with Gasteiger partial charge in [0.25, 0.3) is 0 Å². The van der Waals surface area contributed by atoms with Crippen molar-refractivity contribution < 1.29 is 28.5 Å². The summed E-state index contributed by atoms with van der Waals surface area (Å²) in [6, 6.07) is 10.8. The predicted octanol–water partition coefficient (Wildman–Crippen LogP) is 3.34. The third-order valence-corrected chi connectivity index (χ3v) is 6.06. The molecule has 4 rings (SSSR count). The van der Waals surface area contributed by atoms with Crippen LogP contribution in [0.4, 0.5) is 5.69 Å². The first-order valence-electron chi connectivity index (χ1n) is 11.1. The molecule has 2 atom stereocenters. The summed E-state index contributed by atoms with van der Waals surface area (Å²) in [5, 5.41) is 3.16. The molecule has 0 aliphatic carbocycles. The Balaban J connectivity index is 1.49. The number of hydrogen-bond acceptors (Lipinski definition) is 6. The average Bonchev–Trinajstić information content (AvgIpc) is 3.22. The van der Waals surface area contributed by atoms with E-state index < -0.39 is 5.92 Å². The van der Waals surface area contributed by atoms with E-state index in [-0.39, 0.29) is 30.2 Å². The van der Waals surface area contributed by atoms with Gasteiger partial charge in [-0.15, -0.1) is 0 Å². The summed E-state index contributed by atoms with van der Waals surface area (Å²) in [6.45, 7) is 5.43. The molecule has 0 bridgehead atoms. The highest BCUT2D eigenvalue weighted by Crippen LogP contribution is 2.37. The molecule has 1 N–H and O–H groups in total. The molecule has 2 amide bonds. The molecule has 2 aromatic rings. The van der Waals surface area contributed by atoms with E-state index in [0.29, 0.717) is 48.4 Å². The van der Waals surface area contributed by atoms with Crippen molar-refractivity contribution in [3.63, 3.8) is 0 Å². The molecular weight excluding hydrogens is 424 g/mol. The number of ether oxygens (including phenoxy) is 4. The highest BCUT2D eigenvalue weighted by molar-refractivity contribution is 6.01. The molecule has 8 nitrogen and oxygen atoms in total. The lowest BCUT2D eigenvalue weighted by atomic mass is 9.94. The van der Waals surface area contributed by atoms with E-state index >= 15 is 0 Å². The zero-order chi connectivity index (χ0) is 23.5. The minimum atomic E-state index is -0.456. The molecule has 8 heteroatoms. The van der Waals surface area contributed by atoms with Crippen LogP contribution >= 0.6 is 0 Å². The molecule has 2 aliphatic heterocycles. The molecule has 1 saturated heterocycles. The number of nitrogens with zero attached hydrogens (tertiary/aromatic N) is 1. The van der Waals surface area contributed by atoms with Crippen LogP contribution in [0.2, 0.25) is 0 Å². The van der Waals surface area contributed by atoms with Gasteiger partial charge >= 0.3 is 0 Å². The van der Waals surface area contributed by atoms with Crippen LogP contribution in [0.5, 0.6) is 23.0 Å². The van der Waals surface area contributed by atoms with Crippen LogP contribution in [0.25, 0.3) is 0 Å². The first-order chi connectivity index (χ1) is 15.9. The van der Waals surface area contributed by atoms with Gasteiger partial charge in [0.15, 0.2) is 11.5 Å². The minimum absolute atomic E-state index is 0.112. The number of anilines is 1. The standard InChI is InChI=1S/C25H30N2O6/c1-15(2)24(16-5-8-20-22(11-16)33-10-9-32-20)26-25(29)17-12-23(28)27(14-17)19-7-6-18(30-3)13-21(19)31-4/h5-8,11,13,15,17,24H,9-10,12,14H2,1-4H3,(H,26,29). The van der Waals surface area contributed by atoms with Crippen molar-refractivity contribution in [2.45, 2.75) is 26.3 Å². The number of rotatable bonds is 7. The molecule has 2 heterocycles. The summed E-state index contributed by atoms with van der Waals surface area (Å²) >= 11 is 0. The molecule has 2 unspecified atom stereocenters. The molecule has 0 aromatic heterocycles. The fourth-order valence-electron chi connectivity index (χ4n) is 4.28. The van der Waals surface area contributed by atoms with Crippen LogP contribution < -0.4 is 29.2 Å². The number of methoxy groups -OCH3 is 2. The van der Waals surface area contributed by atoms with E-state index in [1.807, 2.05) is 18.2 Å². The predicted molar refractivity (Wildman–Crippen MR) is 123 cm³/mol. The van der Waals surface area contributed by atoms with Gasteiger partial charge < -0.3 is 29.2 Å². The van der Waals surface area contributed by atoms with E-state index in [0.717, 1.165) is 5.56 Å². The molecule has 2 aromatic carbocycles. The van der Waals surface area contributed by atoms with Crippen molar-refractivity contribution in [1.29, 1.82) is 0 Å². The molecule has 33 heavy (non-hydrogen) atoms. The SMILES string of the molecule is COc1ccc(N2CC(C(=O)NC(c3ccc4c(c3)OCCO4)C(C)C)CC2=O)c(OC)c1. The smallest absolute Gasteiger partial charge is 0.227 e. The Bertz CT molecular complexity index is 1040. The van der Waals surface area contributed by atoms with Crippen LogP contribution in [0.3, 0.4) is 0 Å². The van der Waals surface area contributed by atoms with E-state index in [1.54, 1.807) is 37.3 Å². The van der Waals surface area contributed by atoms with E-state index in [9.17, 15) is 9.59 Å². The van der Waals surface area contributed by atoms with Crippen molar-refractivity contribution in [2.24, 2.45) is 11.8 Å². The molecule has 0 spiro atoms.